The summed E-state index contributed by atoms with van der Waals surface area (Å²) < 4.78 is 1.48. The Balaban J connectivity index is 2.65. The Hall–Kier alpha value is -1.36. The molecule has 16 heavy (non-hydrogen) atoms. The van der Waals surface area contributed by atoms with Crippen LogP contribution in [0.4, 0.5) is 5.69 Å². The predicted molar refractivity (Wildman–Crippen MR) is 65.7 cm³/mol. The van der Waals surface area contributed by atoms with Crippen LogP contribution in [0.25, 0.3) is 0 Å². The van der Waals surface area contributed by atoms with Crippen LogP contribution in [0.5, 0.6) is 0 Å². The molecule has 0 aromatic carbocycles. The molecule has 0 saturated heterocycles. The Morgan fingerprint density at radius 3 is 2.75 bits per heavy atom. The van der Waals surface area contributed by atoms with Gasteiger partial charge in [0.2, 0.25) is 0 Å². The molecule has 1 atom stereocenters. The molecule has 0 amide bonds. The highest BCUT2D eigenvalue weighted by Crippen LogP contribution is 2.04. The maximum absolute atomic E-state index is 11.7. The summed E-state index contributed by atoms with van der Waals surface area (Å²) in [5, 5.41) is 4.12. The Morgan fingerprint density at radius 2 is 2.25 bits per heavy atom. The normalized spacial score (nSPS) is 12.5. The van der Waals surface area contributed by atoms with Gasteiger partial charge in [-0.05, 0) is 19.8 Å². The van der Waals surface area contributed by atoms with Gasteiger partial charge in [-0.15, -0.1) is 0 Å². The Kier molecular flexibility index (Phi) is 4.49. The first-order valence-electron chi connectivity index (χ1n) is 5.51. The fourth-order valence-electron chi connectivity index (χ4n) is 1.40. The van der Waals surface area contributed by atoms with Crippen LogP contribution in [0.15, 0.2) is 17.1 Å². The van der Waals surface area contributed by atoms with E-state index in [-0.39, 0.29) is 11.6 Å². The quantitative estimate of drug-likeness (QED) is 0.788. The van der Waals surface area contributed by atoms with Crippen molar-refractivity contribution in [1.29, 1.82) is 0 Å². The van der Waals surface area contributed by atoms with Gasteiger partial charge in [0.25, 0.3) is 5.56 Å². The molecule has 0 aliphatic heterocycles. The summed E-state index contributed by atoms with van der Waals surface area (Å²) in [6, 6.07) is 1.77. The van der Waals surface area contributed by atoms with Crippen LogP contribution in [-0.4, -0.2) is 29.9 Å². The third-order valence-electron chi connectivity index (χ3n) is 2.40. The highest BCUT2D eigenvalue weighted by Gasteiger charge is 2.02. The van der Waals surface area contributed by atoms with Gasteiger partial charge in [0.05, 0.1) is 11.9 Å². The van der Waals surface area contributed by atoms with Crippen molar-refractivity contribution in [3.05, 3.63) is 22.6 Å². The van der Waals surface area contributed by atoms with E-state index in [2.05, 4.69) is 5.10 Å². The fraction of sp³-hybridized carbons (Fsp3) is 0.636. The number of aryl methyl sites for hydroxylation is 1. The molecule has 0 spiro atoms. The first kappa shape index (κ1) is 12.7. The monoisotopic (exact) mass is 224 g/mol. The van der Waals surface area contributed by atoms with Crippen molar-refractivity contribution in [2.75, 3.05) is 19.0 Å². The first-order chi connectivity index (χ1) is 7.50. The second-order valence-electron chi connectivity index (χ2n) is 4.29. The summed E-state index contributed by atoms with van der Waals surface area (Å²) in [7, 11) is 3.77. The van der Waals surface area contributed by atoms with Crippen LogP contribution in [-0.2, 0) is 6.54 Å². The van der Waals surface area contributed by atoms with Crippen molar-refractivity contribution in [2.24, 2.45) is 5.73 Å². The van der Waals surface area contributed by atoms with E-state index in [1.54, 1.807) is 12.3 Å². The Labute approximate surface area is 95.9 Å². The molecule has 2 N–H and O–H groups in total. The SMILES string of the molecule is CC(N)CCCn1ncc(N(C)C)cc1=O. The van der Waals surface area contributed by atoms with Crippen molar-refractivity contribution in [3.8, 4) is 0 Å². The molecule has 1 heterocycles. The Bertz CT molecular complexity index is 384. The smallest absolute Gasteiger partial charge is 0.268 e. The van der Waals surface area contributed by atoms with Crippen molar-refractivity contribution in [1.82, 2.24) is 9.78 Å². The Morgan fingerprint density at radius 1 is 1.56 bits per heavy atom. The number of nitrogens with zero attached hydrogens (tertiary/aromatic N) is 3. The molecule has 0 bridgehead atoms. The zero-order valence-corrected chi connectivity index (χ0v) is 10.2. The van der Waals surface area contributed by atoms with Crippen LogP contribution in [0.1, 0.15) is 19.8 Å². The lowest BCUT2D eigenvalue weighted by atomic mass is 10.2. The van der Waals surface area contributed by atoms with Gasteiger partial charge in [-0.3, -0.25) is 4.79 Å². The molecule has 0 fully saturated rings. The van der Waals surface area contributed by atoms with Gasteiger partial charge in [-0.1, -0.05) is 0 Å². The molecule has 0 saturated carbocycles. The standard InChI is InChI=1S/C11H20N4O/c1-9(12)5-4-6-15-11(16)7-10(8-13-15)14(2)3/h7-9H,4-6,12H2,1-3H3. The molecule has 1 unspecified atom stereocenters. The lowest BCUT2D eigenvalue weighted by Gasteiger charge is -2.12. The summed E-state index contributed by atoms with van der Waals surface area (Å²) in [5.74, 6) is 0. The molecular formula is C11H20N4O. The summed E-state index contributed by atoms with van der Waals surface area (Å²) in [6.07, 6.45) is 3.49. The minimum Gasteiger partial charge on any atom is -0.376 e. The third kappa shape index (κ3) is 3.66. The van der Waals surface area contributed by atoms with E-state index in [9.17, 15) is 4.79 Å². The van der Waals surface area contributed by atoms with E-state index < -0.39 is 0 Å². The number of hydrogen-bond donors (Lipinski definition) is 1. The average molecular weight is 224 g/mol. The van der Waals surface area contributed by atoms with E-state index in [0.29, 0.717) is 6.54 Å². The number of aromatic nitrogens is 2. The van der Waals surface area contributed by atoms with E-state index >= 15 is 0 Å². The number of nitrogens with two attached hydrogens (primary N) is 1. The van der Waals surface area contributed by atoms with E-state index in [0.717, 1.165) is 18.5 Å². The topological polar surface area (TPSA) is 64.2 Å². The predicted octanol–water partition coefficient (Wildman–Crippen LogP) is 0.437. The zero-order chi connectivity index (χ0) is 12.1. The highest BCUT2D eigenvalue weighted by molar-refractivity contribution is 5.40. The van der Waals surface area contributed by atoms with Crippen molar-refractivity contribution in [3.63, 3.8) is 0 Å². The molecule has 0 aliphatic rings. The lowest BCUT2D eigenvalue weighted by molar-refractivity contribution is 0.506. The maximum Gasteiger partial charge on any atom is 0.268 e. The first-order valence-corrected chi connectivity index (χ1v) is 5.51. The summed E-state index contributed by atoms with van der Waals surface area (Å²) >= 11 is 0. The van der Waals surface area contributed by atoms with Crippen molar-refractivity contribution >= 4 is 5.69 Å². The van der Waals surface area contributed by atoms with Gasteiger partial charge < -0.3 is 10.6 Å². The number of rotatable bonds is 5. The molecule has 5 heteroatoms. The van der Waals surface area contributed by atoms with Crippen LogP contribution < -0.4 is 16.2 Å². The van der Waals surface area contributed by atoms with Crippen molar-refractivity contribution in [2.45, 2.75) is 32.4 Å². The summed E-state index contributed by atoms with van der Waals surface area (Å²) in [5.41, 5.74) is 6.41. The van der Waals surface area contributed by atoms with Gasteiger partial charge in [0.1, 0.15) is 0 Å². The number of hydrogen-bond acceptors (Lipinski definition) is 4. The van der Waals surface area contributed by atoms with Gasteiger partial charge >= 0.3 is 0 Å². The van der Waals surface area contributed by atoms with Crippen molar-refractivity contribution < 1.29 is 0 Å². The minimum absolute atomic E-state index is 0.0594. The van der Waals surface area contributed by atoms with E-state index in [1.165, 1.54) is 4.68 Å². The maximum atomic E-state index is 11.7. The molecule has 1 rings (SSSR count). The largest absolute Gasteiger partial charge is 0.376 e. The van der Waals surface area contributed by atoms with Gasteiger partial charge in [0.15, 0.2) is 0 Å². The molecule has 1 aromatic heterocycles. The molecule has 90 valence electrons. The second-order valence-corrected chi connectivity index (χ2v) is 4.29. The van der Waals surface area contributed by atoms with E-state index in [4.69, 9.17) is 5.73 Å². The fourth-order valence-corrected chi connectivity index (χ4v) is 1.40. The average Bonchev–Trinajstić information content (AvgIpc) is 2.19. The highest BCUT2D eigenvalue weighted by atomic mass is 16.1. The minimum atomic E-state index is -0.0594. The third-order valence-corrected chi connectivity index (χ3v) is 2.40. The summed E-state index contributed by atoms with van der Waals surface area (Å²) in [4.78, 5) is 13.5. The lowest BCUT2D eigenvalue weighted by Crippen LogP contribution is -2.25. The van der Waals surface area contributed by atoms with Gasteiger partial charge in [0, 0.05) is 32.7 Å². The summed E-state index contributed by atoms with van der Waals surface area (Å²) in [6.45, 7) is 2.60. The zero-order valence-electron chi connectivity index (χ0n) is 10.2. The molecular weight excluding hydrogens is 204 g/mol. The second kappa shape index (κ2) is 5.65. The van der Waals surface area contributed by atoms with Crippen LogP contribution >= 0.6 is 0 Å². The molecule has 0 aliphatic carbocycles. The van der Waals surface area contributed by atoms with E-state index in [1.807, 2.05) is 25.9 Å². The van der Waals surface area contributed by atoms with Gasteiger partial charge in [-0.2, -0.15) is 5.10 Å². The molecule has 0 radical (unpaired) electrons. The molecule has 5 nitrogen and oxygen atoms in total. The molecule has 1 aromatic rings. The van der Waals surface area contributed by atoms with Crippen LogP contribution in [0.3, 0.4) is 0 Å². The van der Waals surface area contributed by atoms with Crippen LogP contribution in [0, 0.1) is 0 Å². The van der Waals surface area contributed by atoms with Gasteiger partial charge in [-0.25, -0.2) is 4.68 Å². The van der Waals surface area contributed by atoms with Crippen LogP contribution in [0.2, 0.25) is 0 Å². The number of anilines is 1.